The van der Waals surface area contributed by atoms with Gasteiger partial charge in [-0.05, 0) is 52.6 Å². The molecule has 3 rings (SSSR count). The lowest BCUT2D eigenvalue weighted by molar-refractivity contribution is 0.0654. The van der Waals surface area contributed by atoms with Gasteiger partial charge in [0.15, 0.2) is 0 Å². The van der Waals surface area contributed by atoms with Crippen LogP contribution in [0.1, 0.15) is 53.0 Å². The zero-order chi connectivity index (χ0) is 15.0. The van der Waals surface area contributed by atoms with E-state index in [0.717, 1.165) is 41.5 Å². The van der Waals surface area contributed by atoms with Crippen LogP contribution < -0.4 is 0 Å². The molecule has 0 N–H and O–H groups in total. The maximum atomic E-state index is 12.9. The number of aryl methyl sites for hydroxylation is 2. The van der Waals surface area contributed by atoms with Crippen LogP contribution >= 0.6 is 11.3 Å². The smallest absolute Gasteiger partial charge is 0.266 e. The molecule has 3 heterocycles. The zero-order valence-corrected chi connectivity index (χ0v) is 14.1. The third-order valence-electron chi connectivity index (χ3n) is 4.92. The summed E-state index contributed by atoms with van der Waals surface area (Å²) < 4.78 is 0. The van der Waals surface area contributed by atoms with Gasteiger partial charge < -0.3 is 4.90 Å². The van der Waals surface area contributed by atoms with Crippen molar-refractivity contribution >= 4 is 17.2 Å². The summed E-state index contributed by atoms with van der Waals surface area (Å²) in [5.74, 6) is 0.212. The Morgan fingerprint density at radius 3 is 2.62 bits per heavy atom. The minimum atomic E-state index is 0.212. The molecule has 0 spiro atoms. The van der Waals surface area contributed by atoms with E-state index in [-0.39, 0.29) is 5.91 Å². The summed E-state index contributed by atoms with van der Waals surface area (Å²) in [6, 6.07) is 0.970. The minimum Gasteiger partial charge on any atom is -0.333 e. The van der Waals surface area contributed by atoms with Gasteiger partial charge in [-0.1, -0.05) is 6.92 Å². The maximum absolute atomic E-state index is 12.9. The van der Waals surface area contributed by atoms with Crippen LogP contribution in [0, 0.1) is 13.8 Å². The molecular formula is C16H25N3OS. The first kappa shape index (κ1) is 15.0. The van der Waals surface area contributed by atoms with Gasteiger partial charge in [-0.2, -0.15) is 0 Å². The Morgan fingerprint density at radius 2 is 1.95 bits per heavy atom. The molecule has 0 aromatic carbocycles. The van der Waals surface area contributed by atoms with Gasteiger partial charge in [-0.3, -0.25) is 9.69 Å². The van der Waals surface area contributed by atoms with Crippen LogP contribution in [0.3, 0.4) is 0 Å². The van der Waals surface area contributed by atoms with Gasteiger partial charge in [-0.15, -0.1) is 11.3 Å². The lowest BCUT2D eigenvalue weighted by Crippen LogP contribution is -2.48. The molecule has 2 aliphatic rings. The number of carbonyl (C=O) groups excluding carboxylic acids is 1. The van der Waals surface area contributed by atoms with Crippen molar-refractivity contribution in [1.29, 1.82) is 0 Å². The summed E-state index contributed by atoms with van der Waals surface area (Å²) in [7, 11) is 0. The predicted octanol–water partition coefficient (Wildman–Crippen LogP) is 2.85. The molecule has 5 heteroatoms. The number of aromatic nitrogens is 1. The Hall–Kier alpha value is -0.940. The van der Waals surface area contributed by atoms with Crippen molar-refractivity contribution in [3.63, 3.8) is 0 Å². The van der Waals surface area contributed by atoms with E-state index < -0.39 is 0 Å². The van der Waals surface area contributed by atoms with Crippen molar-refractivity contribution in [2.75, 3.05) is 19.6 Å². The first-order valence-corrected chi connectivity index (χ1v) is 8.92. The van der Waals surface area contributed by atoms with Crippen molar-refractivity contribution in [3.05, 3.63) is 15.6 Å². The SMILES string of the molecule is CCN1CCCC1C1CCCN1C(=O)c1sc(C)nc1C. The fourth-order valence-corrected chi connectivity index (χ4v) is 4.86. The van der Waals surface area contributed by atoms with E-state index in [9.17, 15) is 4.79 Å². The van der Waals surface area contributed by atoms with Crippen LogP contribution in [-0.2, 0) is 0 Å². The molecule has 1 amide bonds. The molecule has 2 unspecified atom stereocenters. The summed E-state index contributed by atoms with van der Waals surface area (Å²) >= 11 is 1.54. The highest BCUT2D eigenvalue weighted by molar-refractivity contribution is 7.13. The number of amides is 1. The van der Waals surface area contributed by atoms with Gasteiger partial charge in [0.05, 0.1) is 10.7 Å². The fourth-order valence-electron chi connectivity index (χ4n) is 3.99. The second kappa shape index (κ2) is 6.05. The minimum absolute atomic E-state index is 0.212. The standard InChI is InChI=1S/C16H25N3OS/c1-4-18-9-5-7-13(18)14-8-6-10-19(14)16(20)15-11(2)17-12(3)21-15/h13-14H,4-10H2,1-3H3. The van der Waals surface area contributed by atoms with Gasteiger partial charge in [-0.25, -0.2) is 4.98 Å². The number of rotatable bonds is 3. The molecule has 2 saturated heterocycles. The van der Waals surface area contributed by atoms with Gasteiger partial charge in [0, 0.05) is 18.6 Å². The van der Waals surface area contributed by atoms with Crippen LogP contribution in [0.5, 0.6) is 0 Å². The third-order valence-corrected chi connectivity index (χ3v) is 5.98. The fraction of sp³-hybridized carbons (Fsp3) is 0.750. The van der Waals surface area contributed by atoms with Crippen molar-refractivity contribution in [2.45, 2.75) is 58.5 Å². The van der Waals surface area contributed by atoms with E-state index in [2.05, 4.69) is 21.7 Å². The van der Waals surface area contributed by atoms with Crippen molar-refractivity contribution in [1.82, 2.24) is 14.8 Å². The highest BCUT2D eigenvalue weighted by atomic mass is 32.1. The highest BCUT2D eigenvalue weighted by Gasteiger charge is 2.40. The Kier molecular flexibility index (Phi) is 4.31. The molecule has 0 radical (unpaired) electrons. The molecule has 2 fully saturated rings. The number of thiazole rings is 1. The van der Waals surface area contributed by atoms with Gasteiger partial charge in [0.25, 0.3) is 5.91 Å². The Morgan fingerprint density at radius 1 is 1.24 bits per heavy atom. The van der Waals surface area contributed by atoms with E-state index in [1.807, 2.05) is 13.8 Å². The number of likely N-dealkylation sites (N-methyl/N-ethyl adjacent to an activating group) is 1. The van der Waals surface area contributed by atoms with Crippen molar-refractivity contribution < 1.29 is 4.79 Å². The highest BCUT2D eigenvalue weighted by Crippen LogP contribution is 2.32. The second-order valence-corrected chi connectivity index (χ2v) is 7.40. The molecule has 1 aromatic heterocycles. The zero-order valence-electron chi connectivity index (χ0n) is 13.3. The van der Waals surface area contributed by atoms with Gasteiger partial charge in [0.1, 0.15) is 4.88 Å². The summed E-state index contributed by atoms with van der Waals surface area (Å²) in [6.07, 6.45) is 4.81. The van der Waals surface area contributed by atoms with Crippen molar-refractivity contribution in [2.24, 2.45) is 0 Å². The van der Waals surface area contributed by atoms with Gasteiger partial charge >= 0.3 is 0 Å². The predicted molar refractivity (Wildman–Crippen MR) is 85.9 cm³/mol. The van der Waals surface area contributed by atoms with Crippen LogP contribution in [0.4, 0.5) is 0 Å². The van der Waals surface area contributed by atoms with E-state index >= 15 is 0 Å². The number of hydrogen-bond donors (Lipinski definition) is 0. The van der Waals surface area contributed by atoms with E-state index in [1.165, 1.54) is 19.4 Å². The first-order chi connectivity index (χ1) is 10.1. The quantitative estimate of drug-likeness (QED) is 0.861. The number of hydrogen-bond acceptors (Lipinski definition) is 4. The van der Waals surface area contributed by atoms with E-state index in [0.29, 0.717) is 12.1 Å². The summed E-state index contributed by atoms with van der Waals surface area (Å²) in [4.78, 5) is 22.9. The lowest BCUT2D eigenvalue weighted by Gasteiger charge is -2.34. The Balaban J connectivity index is 1.80. The molecule has 2 aliphatic heterocycles. The molecule has 1 aromatic rings. The summed E-state index contributed by atoms with van der Waals surface area (Å²) in [6.45, 7) is 9.37. The monoisotopic (exact) mass is 307 g/mol. The summed E-state index contributed by atoms with van der Waals surface area (Å²) in [5, 5.41) is 0.989. The normalized spacial score (nSPS) is 26.7. The van der Waals surface area contributed by atoms with Crippen LogP contribution in [0.2, 0.25) is 0 Å². The van der Waals surface area contributed by atoms with Crippen LogP contribution in [0.15, 0.2) is 0 Å². The lowest BCUT2D eigenvalue weighted by atomic mass is 10.0. The largest absolute Gasteiger partial charge is 0.333 e. The summed E-state index contributed by atoms with van der Waals surface area (Å²) in [5.41, 5.74) is 0.895. The van der Waals surface area contributed by atoms with Crippen LogP contribution in [-0.4, -0.2) is 52.4 Å². The number of likely N-dealkylation sites (tertiary alicyclic amines) is 2. The average Bonchev–Trinajstić information content (AvgIpc) is 3.15. The molecule has 0 aliphatic carbocycles. The molecule has 21 heavy (non-hydrogen) atoms. The van der Waals surface area contributed by atoms with Crippen molar-refractivity contribution in [3.8, 4) is 0 Å². The number of nitrogens with zero attached hydrogens (tertiary/aromatic N) is 3. The van der Waals surface area contributed by atoms with E-state index in [1.54, 1.807) is 11.3 Å². The third kappa shape index (κ3) is 2.73. The molecule has 2 atom stereocenters. The molecule has 4 nitrogen and oxygen atoms in total. The molecule has 0 saturated carbocycles. The van der Waals surface area contributed by atoms with Crippen LogP contribution in [0.25, 0.3) is 0 Å². The topological polar surface area (TPSA) is 36.4 Å². The molecule has 116 valence electrons. The average molecular weight is 307 g/mol. The molecule has 0 bridgehead atoms. The molecular weight excluding hydrogens is 282 g/mol. The first-order valence-electron chi connectivity index (χ1n) is 8.11. The maximum Gasteiger partial charge on any atom is 0.266 e. The number of carbonyl (C=O) groups is 1. The Labute approximate surface area is 131 Å². The van der Waals surface area contributed by atoms with Gasteiger partial charge in [0.2, 0.25) is 0 Å². The second-order valence-electron chi connectivity index (χ2n) is 6.19. The van der Waals surface area contributed by atoms with E-state index in [4.69, 9.17) is 0 Å². The Bertz CT molecular complexity index is 528.